The molecule has 0 aromatic rings. The average Bonchev–Trinajstić information content (AvgIpc) is 1.98. The van der Waals surface area contributed by atoms with Crippen LogP contribution in [0.3, 0.4) is 0 Å². The Labute approximate surface area is 81.1 Å². The van der Waals surface area contributed by atoms with Gasteiger partial charge in [0, 0.05) is 13.1 Å². The van der Waals surface area contributed by atoms with Crippen molar-refractivity contribution >= 4 is 11.8 Å². The minimum atomic E-state index is 0.794. The Morgan fingerprint density at radius 2 is 2.08 bits per heavy atom. The summed E-state index contributed by atoms with van der Waals surface area (Å²) in [4.78, 5) is 2.20. The van der Waals surface area contributed by atoms with Gasteiger partial charge in [-0.15, -0.1) is 0 Å². The summed E-state index contributed by atoms with van der Waals surface area (Å²) in [6.45, 7) is 5.67. The van der Waals surface area contributed by atoms with E-state index < -0.39 is 0 Å². The van der Waals surface area contributed by atoms with Crippen molar-refractivity contribution in [3.63, 3.8) is 0 Å². The van der Waals surface area contributed by atoms with E-state index in [0.717, 1.165) is 25.6 Å². The molecule has 0 heterocycles. The number of nitrogens with one attached hydrogen (secondary N) is 1. The Morgan fingerprint density at radius 3 is 2.58 bits per heavy atom. The minimum Gasteiger partial charge on any atom is -0.315 e. The summed E-state index contributed by atoms with van der Waals surface area (Å²) in [6, 6.07) is 0. The van der Waals surface area contributed by atoms with Crippen molar-refractivity contribution in [1.82, 2.24) is 10.2 Å². The molecule has 1 N–H and O–H groups in total. The molecule has 0 saturated heterocycles. The van der Waals surface area contributed by atoms with Gasteiger partial charge in [-0.3, -0.25) is 0 Å². The molecule has 0 aliphatic heterocycles. The lowest BCUT2D eigenvalue weighted by atomic mass is 10.2. The third kappa shape index (κ3) is 8.37. The number of nitrogens with zero attached hydrogens (tertiary/aromatic N) is 1. The quantitative estimate of drug-likeness (QED) is 0.606. The van der Waals surface area contributed by atoms with E-state index in [2.05, 4.69) is 37.5 Å². The average molecular weight is 190 g/mol. The van der Waals surface area contributed by atoms with Gasteiger partial charge in [-0.2, -0.15) is 11.8 Å². The second-order valence-corrected chi connectivity index (χ2v) is 4.48. The fourth-order valence-corrected chi connectivity index (χ4v) is 1.68. The zero-order valence-electron chi connectivity index (χ0n) is 8.76. The molecule has 3 heteroatoms. The van der Waals surface area contributed by atoms with Gasteiger partial charge in [0.2, 0.25) is 0 Å². The van der Waals surface area contributed by atoms with Crippen molar-refractivity contribution < 1.29 is 0 Å². The molecule has 12 heavy (non-hydrogen) atoms. The van der Waals surface area contributed by atoms with Gasteiger partial charge in [-0.25, -0.2) is 0 Å². The third-order valence-corrected chi connectivity index (χ3v) is 2.58. The Balaban J connectivity index is 3.08. The number of likely N-dealkylation sites (N-methyl/N-ethyl adjacent to an activating group) is 1. The van der Waals surface area contributed by atoms with E-state index in [1.54, 1.807) is 0 Å². The molecule has 0 bridgehead atoms. The highest BCUT2D eigenvalue weighted by atomic mass is 32.2. The lowest BCUT2D eigenvalue weighted by Gasteiger charge is -2.13. The van der Waals surface area contributed by atoms with E-state index in [0.29, 0.717) is 0 Å². The van der Waals surface area contributed by atoms with Crippen LogP contribution in [0.5, 0.6) is 0 Å². The number of hydrogen-bond acceptors (Lipinski definition) is 3. The van der Waals surface area contributed by atoms with Gasteiger partial charge in [0.15, 0.2) is 0 Å². The molecule has 0 rings (SSSR count). The molecule has 0 spiro atoms. The van der Waals surface area contributed by atoms with Gasteiger partial charge in [-0.1, -0.05) is 6.92 Å². The first-order valence-electron chi connectivity index (χ1n) is 4.51. The molecule has 0 amide bonds. The van der Waals surface area contributed by atoms with E-state index in [9.17, 15) is 0 Å². The van der Waals surface area contributed by atoms with Gasteiger partial charge in [0.1, 0.15) is 0 Å². The van der Waals surface area contributed by atoms with Gasteiger partial charge < -0.3 is 10.2 Å². The summed E-state index contributed by atoms with van der Waals surface area (Å²) in [5.74, 6) is 2.05. The van der Waals surface area contributed by atoms with E-state index in [1.165, 1.54) is 5.75 Å². The van der Waals surface area contributed by atoms with Gasteiger partial charge >= 0.3 is 0 Å². The van der Waals surface area contributed by atoms with Crippen molar-refractivity contribution in [2.45, 2.75) is 6.92 Å². The molecule has 1 atom stereocenters. The smallest absolute Gasteiger partial charge is 0.0101 e. The lowest BCUT2D eigenvalue weighted by Crippen LogP contribution is -2.30. The van der Waals surface area contributed by atoms with Crippen LogP contribution in [0.4, 0.5) is 0 Å². The molecule has 0 aromatic carbocycles. The molecule has 2 nitrogen and oxygen atoms in total. The molecular formula is C9H22N2S. The van der Waals surface area contributed by atoms with Gasteiger partial charge in [-0.05, 0) is 38.6 Å². The predicted molar refractivity (Wildman–Crippen MR) is 59.0 cm³/mol. The minimum absolute atomic E-state index is 0.794. The molecular weight excluding hydrogens is 168 g/mol. The summed E-state index contributed by atoms with van der Waals surface area (Å²) in [7, 11) is 4.21. The van der Waals surface area contributed by atoms with Crippen LogP contribution >= 0.6 is 11.8 Å². The summed E-state index contributed by atoms with van der Waals surface area (Å²) in [5, 5.41) is 3.45. The standard InChI is InChI=1S/C9H22N2S/c1-9(8-12-4)7-10-5-6-11(2)3/h9-10H,5-8H2,1-4H3. The van der Waals surface area contributed by atoms with E-state index in [4.69, 9.17) is 0 Å². The normalized spacial score (nSPS) is 13.8. The van der Waals surface area contributed by atoms with Crippen molar-refractivity contribution in [2.24, 2.45) is 5.92 Å². The Bertz CT molecular complexity index is 96.5. The fourth-order valence-electron chi connectivity index (χ4n) is 0.995. The van der Waals surface area contributed by atoms with Crippen molar-refractivity contribution in [3.8, 4) is 0 Å². The lowest BCUT2D eigenvalue weighted by molar-refractivity contribution is 0.394. The number of hydrogen-bond donors (Lipinski definition) is 1. The molecule has 1 unspecified atom stereocenters. The van der Waals surface area contributed by atoms with Crippen LogP contribution in [0, 0.1) is 5.92 Å². The summed E-state index contributed by atoms with van der Waals surface area (Å²) >= 11 is 1.92. The molecule has 0 aromatic heterocycles. The summed E-state index contributed by atoms with van der Waals surface area (Å²) in [5.41, 5.74) is 0. The molecule has 0 saturated carbocycles. The SMILES string of the molecule is CSCC(C)CNCCN(C)C. The van der Waals surface area contributed by atoms with Crippen LogP contribution in [0.25, 0.3) is 0 Å². The summed E-state index contributed by atoms with van der Waals surface area (Å²) < 4.78 is 0. The highest BCUT2D eigenvalue weighted by Gasteiger charge is 1.99. The Kier molecular flexibility index (Phi) is 8.07. The largest absolute Gasteiger partial charge is 0.315 e. The maximum atomic E-state index is 3.45. The molecule has 0 radical (unpaired) electrons. The highest BCUT2D eigenvalue weighted by molar-refractivity contribution is 7.98. The van der Waals surface area contributed by atoms with Gasteiger partial charge in [0.25, 0.3) is 0 Å². The molecule has 0 aliphatic rings. The van der Waals surface area contributed by atoms with Crippen molar-refractivity contribution in [2.75, 3.05) is 45.7 Å². The molecule has 74 valence electrons. The Hall–Kier alpha value is 0.270. The third-order valence-electron chi connectivity index (χ3n) is 1.68. The van der Waals surface area contributed by atoms with Crippen LogP contribution in [0.15, 0.2) is 0 Å². The second-order valence-electron chi connectivity index (χ2n) is 3.57. The molecule has 0 fully saturated rings. The highest BCUT2D eigenvalue weighted by Crippen LogP contribution is 2.01. The maximum Gasteiger partial charge on any atom is 0.0101 e. The molecule has 0 aliphatic carbocycles. The first-order valence-corrected chi connectivity index (χ1v) is 5.90. The summed E-state index contributed by atoms with van der Waals surface area (Å²) in [6.07, 6.45) is 2.16. The van der Waals surface area contributed by atoms with Crippen LogP contribution in [-0.2, 0) is 0 Å². The van der Waals surface area contributed by atoms with E-state index >= 15 is 0 Å². The van der Waals surface area contributed by atoms with Crippen molar-refractivity contribution in [3.05, 3.63) is 0 Å². The van der Waals surface area contributed by atoms with E-state index in [1.807, 2.05) is 11.8 Å². The number of rotatable bonds is 7. The Morgan fingerprint density at radius 1 is 1.42 bits per heavy atom. The van der Waals surface area contributed by atoms with Gasteiger partial charge in [0.05, 0.1) is 0 Å². The number of thioether (sulfide) groups is 1. The van der Waals surface area contributed by atoms with Crippen LogP contribution < -0.4 is 5.32 Å². The first kappa shape index (κ1) is 12.3. The zero-order chi connectivity index (χ0) is 9.40. The monoisotopic (exact) mass is 190 g/mol. The van der Waals surface area contributed by atoms with Crippen molar-refractivity contribution in [1.29, 1.82) is 0 Å². The zero-order valence-corrected chi connectivity index (χ0v) is 9.58. The topological polar surface area (TPSA) is 15.3 Å². The first-order chi connectivity index (χ1) is 5.66. The maximum absolute atomic E-state index is 3.45. The van der Waals surface area contributed by atoms with E-state index in [-0.39, 0.29) is 0 Å². The predicted octanol–water partition coefficient (Wildman–Crippen LogP) is 1.14. The van der Waals surface area contributed by atoms with Crippen LogP contribution in [-0.4, -0.2) is 50.6 Å². The second kappa shape index (κ2) is 7.90. The fraction of sp³-hybridized carbons (Fsp3) is 1.00. The van der Waals surface area contributed by atoms with Crippen LogP contribution in [0.1, 0.15) is 6.92 Å². The van der Waals surface area contributed by atoms with Crippen LogP contribution in [0.2, 0.25) is 0 Å².